The lowest BCUT2D eigenvalue weighted by Gasteiger charge is -2.09. The Labute approximate surface area is 142 Å². The molecule has 126 valence electrons. The monoisotopic (exact) mass is 335 g/mol. The maximum atomic E-state index is 12.1. The summed E-state index contributed by atoms with van der Waals surface area (Å²) in [5.41, 5.74) is 3.82. The van der Waals surface area contributed by atoms with Crippen LogP contribution >= 0.6 is 0 Å². The van der Waals surface area contributed by atoms with Gasteiger partial charge in [0.05, 0.1) is 35.0 Å². The number of nitrogens with zero attached hydrogens (tertiary/aromatic N) is 2. The number of para-hydroxylation sites is 2. The van der Waals surface area contributed by atoms with E-state index in [0.717, 1.165) is 22.2 Å². The third-order valence-electron chi connectivity index (χ3n) is 4.12. The van der Waals surface area contributed by atoms with Gasteiger partial charge in [0.25, 0.3) is 0 Å². The zero-order valence-corrected chi connectivity index (χ0v) is 13.7. The van der Waals surface area contributed by atoms with Crippen LogP contribution in [-0.4, -0.2) is 38.9 Å². The van der Waals surface area contributed by atoms with Crippen LogP contribution in [0.4, 0.5) is 0 Å². The van der Waals surface area contributed by atoms with Gasteiger partial charge in [0.2, 0.25) is 0 Å². The summed E-state index contributed by atoms with van der Waals surface area (Å²) in [5.74, 6) is 0.744. The first-order valence-electron chi connectivity index (χ1n) is 8.01. The zero-order chi connectivity index (χ0) is 17.4. The summed E-state index contributed by atoms with van der Waals surface area (Å²) >= 11 is 0. The van der Waals surface area contributed by atoms with E-state index in [1.807, 2.05) is 47.0 Å². The number of hydrogen-bond acceptors (Lipinski definition) is 4. The van der Waals surface area contributed by atoms with E-state index in [4.69, 9.17) is 0 Å². The summed E-state index contributed by atoms with van der Waals surface area (Å²) in [4.78, 5) is 33.8. The van der Waals surface area contributed by atoms with Gasteiger partial charge in [-0.05, 0) is 37.4 Å². The van der Waals surface area contributed by atoms with Crippen molar-refractivity contribution >= 4 is 27.9 Å². The lowest BCUT2D eigenvalue weighted by atomic mass is 10.2. The van der Waals surface area contributed by atoms with Gasteiger partial charge in [-0.3, -0.25) is 9.36 Å². The molecule has 0 unspecified atom stereocenters. The molecular formula is C18H17N5O2. The van der Waals surface area contributed by atoms with Crippen LogP contribution in [0.5, 0.6) is 0 Å². The lowest BCUT2D eigenvalue weighted by molar-refractivity contribution is -0.117. The van der Waals surface area contributed by atoms with E-state index >= 15 is 0 Å². The Morgan fingerprint density at radius 1 is 1.16 bits per heavy atom. The van der Waals surface area contributed by atoms with Crippen LogP contribution < -0.4 is 11.0 Å². The van der Waals surface area contributed by atoms with E-state index in [1.54, 1.807) is 7.05 Å². The first-order valence-corrected chi connectivity index (χ1v) is 8.01. The number of fused-ring (bicyclic) bond motifs is 2. The number of aromatic amines is 2. The van der Waals surface area contributed by atoms with Crippen LogP contribution in [0.25, 0.3) is 27.8 Å². The van der Waals surface area contributed by atoms with Crippen molar-refractivity contribution < 1.29 is 4.79 Å². The van der Waals surface area contributed by atoms with Gasteiger partial charge in [0.1, 0.15) is 5.82 Å². The largest absolute Gasteiger partial charge is 0.323 e. The van der Waals surface area contributed by atoms with Crippen molar-refractivity contribution in [2.75, 3.05) is 13.6 Å². The highest BCUT2D eigenvalue weighted by Crippen LogP contribution is 2.23. The van der Waals surface area contributed by atoms with E-state index in [0.29, 0.717) is 17.9 Å². The van der Waals surface area contributed by atoms with Crippen LogP contribution in [0.3, 0.4) is 0 Å². The maximum Gasteiger partial charge on any atom is 0.323 e. The second kappa shape index (κ2) is 6.03. The Kier molecular flexibility index (Phi) is 3.70. The Hall–Kier alpha value is -3.19. The Morgan fingerprint density at radius 3 is 2.80 bits per heavy atom. The average Bonchev–Trinajstić information content (AvgIpc) is 3.13. The molecule has 0 bridgehead atoms. The van der Waals surface area contributed by atoms with Crippen LogP contribution in [0.2, 0.25) is 0 Å². The third kappa shape index (κ3) is 2.74. The van der Waals surface area contributed by atoms with E-state index in [9.17, 15) is 9.59 Å². The summed E-state index contributed by atoms with van der Waals surface area (Å²) in [7, 11) is 1.75. The molecule has 4 rings (SSSR count). The van der Waals surface area contributed by atoms with E-state index in [2.05, 4.69) is 20.3 Å². The maximum absolute atomic E-state index is 12.1. The first kappa shape index (κ1) is 15.3. The molecule has 0 spiro atoms. The van der Waals surface area contributed by atoms with Crippen LogP contribution in [-0.2, 0) is 11.2 Å². The molecule has 2 heterocycles. The van der Waals surface area contributed by atoms with Crippen molar-refractivity contribution in [2.24, 2.45) is 0 Å². The smallest absolute Gasteiger partial charge is 0.313 e. The fraction of sp³-hybridized carbons (Fsp3) is 0.167. The number of aromatic nitrogens is 4. The van der Waals surface area contributed by atoms with Crippen LogP contribution in [0, 0.1) is 0 Å². The summed E-state index contributed by atoms with van der Waals surface area (Å²) in [6.07, 6.45) is 0.233. The molecule has 0 saturated carbocycles. The number of rotatable bonds is 5. The van der Waals surface area contributed by atoms with Gasteiger partial charge in [0.15, 0.2) is 5.78 Å². The number of ketones is 1. The average molecular weight is 335 g/mol. The zero-order valence-electron chi connectivity index (χ0n) is 13.7. The molecule has 0 aliphatic heterocycles. The highest BCUT2D eigenvalue weighted by molar-refractivity contribution is 5.85. The van der Waals surface area contributed by atoms with Crippen molar-refractivity contribution in [1.82, 2.24) is 24.8 Å². The van der Waals surface area contributed by atoms with Gasteiger partial charge < -0.3 is 15.3 Å². The van der Waals surface area contributed by atoms with Crippen molar-refractivity contribution in [3.05, 3.63) is 58.8 Å². The van der Waals surface area contributed by atoms with Gasteiger partial charge >= 0.3 is 5.69 Å². The standard InChI is InChI=1S/C18H17N5O2/c1-19-10-12(24)9-17-20-14-4-2-3-5-16(14)23(17)11-6-7-13-15(8-11)22-18(25)21-13/h2-8,19H,9-10H2,1H3,(H2,21,22,25). The molecule has 4 aromatic rings. The lowest BCUT2D eigenvalue weighted by Crippen LogP contribution is -2.21. The molecule has 3 N–H and O–H groups in total. The number of nitrogens with one attached hydrogen (secondary N) is 3. The number of carbonyl (C=O) groups is 1. The predicted molar refractivity (Wildman–Crippen MR) is 96.2 cm³/mol. The molecule has 2 aromatic heterocycles. The SMILES string of the molecule is CNCC(=O)Cc1nc2ccccc2n1-c1ccc2[nH]c(=O)[nH]c2c1. The first-order chi connectivity index (χ1) is 12.2. The second-order valence-corrected chi connectivity index (χ2v) is 5.91. The summed E-state index contributed by atoms with van der Waals surface area (Å²) in [6, 6.07) is 13.4. The number of benzene rings is 2. The van der Waals surface area contributed by atoms with E-state index in [-0.39, 0.29) is 17.9 Å². The van der Waals surface area contributed by atoms with E-state index < -0.39 is 0 Å². The summed E-state index contributed by atoms with van der Waals surface area (Å²) < 4.78 is 1.97. The Balaban J connectivity index is 1.90. The second-order valence-electron chi connectivity index (χ2n) is 5.91. The van der Waals surface area contributed by atoms with Crippen molar-refractivity contribution in [3.63, 3.8) is 0 Å². The van der Waals surface area contributed by atoms with Gasteiger partial charge in [-0.1, -0.05) is 12.1 Å². The molecule has 0 radical (unpaired) electrons. The molecule has 0 aliphatic carbocycles. The summed E-state index contributed by atoms with van der Waals surface area (Å²) in [5, 5.41) is 2.88. The fourth-order valence-corrected chi connectivity index (χ4v) is 3.08. The van der Waals surface area contributed by atoms with Crippen molar-refractivity contribution in [2.45, 2.75) is 6.42 Å². The van der Waals surface area contributed by atoms with Gasteiger partial charge in [-0.15, -0.1) is 0 Å². The normalized spacial score (nSPS) is 11.4. The third-order valence-corrected chi connectivity index (χ3v) is 4.12. The van der Waals surface area contributed by atoms with Crippen molar-refractivity contribution in [1.29, 1.82) is 0 Å². The summed E-state index contributed by atoms with van der Waals surface area (Å²) in [6.45, 7) is 0.299. The molecular weight excluding hydrogens is 318 g/mol. The van der Waals surface area contributed by atoms with Crippen molar-refractivity contribution in [3.8, 4) is 5.69 Å². The molecule has 0 saturated heterocycles. The van der Waals surface area contributed by atoms with Crippen LogP contribution in [0.1, 0.15) is 5.82 Å². The van der Waals surface area contributed by atoms with Gasteiger partial charge in [-0.2, -0.15) is 0 Å². The minimum absolute atomic E-state index is 0.0650. The predicted octanol–water partition coefficient (Wildman–Crippen LogP) is 1.53. The molecule has 7 heteroatoms. The molecule has 0 atom stereocenters. The quantitative estimate of drug-likeness (QED) is 0.515. The Morgan fingerprint density at radius 2 is 1.96 bits per heavy atom. The number of hydrogen-bond donors (Lipinski definition) is 3. The minimum atomic E-state index is -0.243. The number of H-pyrrole nitrogens is 2. The highest BCUT2D eigenvalue weighted by atomic mass is 16.1. The van der Waals surface area contributed by atoms with Crippen LogP contribution in [0.15, 0.2) is 47.3 Å². The molecule has 25 heavy (non-hydrogen) atoms. The Bertz CT molecular complexity index is 1140. The number of likely N-dealkylation sites (N-methyl/N-ethyl adjacent to an activating group) is 1. The highest BCUT2D eigenvalue weighted by Gasteiger charge is 2.15. The topological polar surface area (TPSA) is 95.6 Å². The van der Waals surface area contributed by atoms with E-state index in [1.165, 1.54) is 0 Å². The molecule has 2 aromatic carbocycles. The van der Waals surface area contributed by atoms with Gasteiger partial charge in [0, 0.05) is 5.69 Å². The number of imidazole rings is 2. The number of Topliss-reactive ketones (excluding diaryl/α,β-unsaturated/α-hetero) is 1. The number of carbonyl (C=O) groups excluding carboxylic acids is 1. The van der Waals surface area contributed by atoms with Gasteiger partial charge in [-0.25, -0.2) is 9.78 Å². The molecule has 0 aliphatic rings. The molecule has 7 nitrogen and oxygen atoms in total. The molecule has 0 fully saturated rings. The fourth-order valence-electron chi connectivity index (χ4n) is 3.08. The molecule has 0 amide bonds. The minimum Gasteiger partial charge on any atom is -0.313 e.